The van der Waals surface area contributed by atoms with Crippen LogP contribution in [0.4, 0.5) is 0 Å². The summed E-state index contributed by atoms with van der Waals surface area (Å²) in [5.41, 5.74) is -0.379. The lowest BCUT2D eigenvalue weighted by atomic mass is 10.0. The molecule has 0 aromatic heterocycles. The standard InChI is InChI=1S/C15H31NO3/c1-12(2)13(17)16-10-8-15(5,6)19-11-9-14(3,4)18-7/h12H,8-11H2,1-7H3,(H,16,17). The number of methoxy groups -OCH3 is 1. The first-order valence-electron chi connectivity index (χ1n) is 7.06. The van der Waals surface area contributed by atoms with Crippen molar-refractivity contribution in [3.63, 3.8) is 0 Å². The van der Waals surface area contributed by atoms with E-state index in [4.69, 9.17) is 9.47 Å². The molecule has 0 fully saturated rings. The highest BCUT2D eigenvalue weighted by molar-refractivity contribution is 5.77. The maximum atomic E-state index is 11.4. The molecule has 0 aromatic rings. The molecule has 0 aromatic carbocycles. The van der Waals surface area contributed by atoms with Crippen LogP contribution in [0.3, 0.4) is 0 Å². The number of rotatable bonds is 9. The summed E-state index contributed by atoms with van der Waals surface area (Å²) in [6.07, 6.45) is 1.66. The Morgan fingerprint density at radius 2 is 1.68 bits per heavy atom. The van der Waals surface area contributed by atoms with Gasteiger partial charge in [-0.2, -0.15) is 0 Å². The van der Waals surface area contributed by atoms with E-state index in [1.807, 2.05) is 41.5 Å². The van der Waals surface area contributed by atoms with Gasteiger partial charge in [-0.05, 0) is 40.5 Å². The van der Waals surface area contributed by atoms with Crippen molar-refractivity contribution >= 4 is 5.91 Å². The molecule has 1 amide bonds. The lowest BCUT2D eigenvalue weighted by Crippen LogP contribution is -2.35. The molecule has 1 N–H and O–H groups in total. The van der Waals surface area contributed by atoms with Crippen molar-refractivity contribution in [2.24, 2.45) is 5.92 Å². The molecule has 0 radical (unpaired) electrons. The van der Waals surface area contributed by atoms with Crippen molar-refractivity contribution in [2.45, 2.75) is 65.6 Å². The molecule has 0 aliphatic rings. The lowest BCUT2D eigenvalue weighted by Gasteiger charge is -2.29. The van der Waals surface area contributed by atoms with Crippen LogP contribution in [-0.2, 0) is 14.3 Å². The average molecular weight is 273 g/mol. The molecule has 4 heteroatoms. The second-order valence-electron chi connectivity index (χ2n) is 6.52. The Morgan fingerprint density at radius 1 is 1.11 bits per heavy atom. The molecule has 0 spiro atoms. The molecule has 0 bridgehead atoms. The van der Waals surface area contributed by atoms with Crippen LogP contribution in [0.2, 0.25) is 0 Å². The Labute approximate surface area is 118 Å². The molecule has 0 rings (SSSR count). The van der Waals surface area contributed by atoms with E-state index in [2.05, 4.69) is 5.32 Å². The summed E-state index contributed by atoms with van der Waals surface area (Å²) in [7, 11) is 1.71. The SMILES string of the molecule is COC(C)(C)CCOC(C)(C)CCNC(=O)C(C)C. The zero-order valence-corrected chi connectivity index (χ0v) is 13.6. The molecule has 0 aliphatic carbocycles. The molecule has 0 saturated heterocycles. The Kier molecular flexibility index (Phi) is 7.60. The van der Waals surface area contributed by atoms with Gasteiger partial charge in [-0.25, -0.2) is 0 Å². The molecule has 19 heavy (non-hydrogen) atoms. The van der Waals surface area contributed by atoms with Gasteiger partial charge in [0.1, 0.15) is 0 Å². The van der Waals surface area contributed by atoms with E-state index in [1.54, 1.807) is 7.11 Å². The fraction of sp³-hybridized carbons (Fsp3) is 0.933. The summed E-state index contributed by atoms with van der Waals surface area (Å²) in [5.74, 6) is 0.128. The highest BCUT2D eigenvalue weighted by Crippen LogP contribution is 2.18. The zero-order chi connectivity index (χ0) is 15.1. The normalized spacial score (nSPS) is 12.8. The molecule has 4 nitrogen and oxygen atoms in total. The van der Waals surface area contributed by atoms with Gasteiger partial charge < -0.3 is 14.8 Å². The fourth-order valence-electron chi connectivity index (χ4n) is 1.44. The number of ether oxygens (including phenoxy) is 2. The van der Waals surface area contributed by atoms with E-state index in [0.29, 0.717) is 13.2 Å². The van der Waals surface area contributed by atoms with Gasteiger partial charge in [0.15, 0.2) is 0 Å². The molecule has 0 unspecified atom stereocenters. The van der Waals surface area contributed by atoms with E-state index in [1.165, 1.54) is 0 Å². The zero-order valence-electron chi connectivity index (χ0n) is 13.6. The third-order valence-corrected chi connectivity index (χ3v) is 3.30. The highest BCUT2D eigenvalue weighted by atomic mass is 16.5. The minimum Gasteiger partial charge on any atom is -0.379 e. The van der Waals surface area contributed by atoms with Gasteiger partial charge in [0.2, 0.25) is 5.91 Å². The van der Waals surface area contributed by atoms with Crippen molar-refractivity contribution in [3.05, 3.63) is 0 Å². The summed E-state index contributed by atoms with van der Waals surface area (Å²) < 4.78 is 11.2. The molecule has 0 aliphatic heterocycles. The van der Waals surface area contributed by atoms with E-state index >= 15 is 0 Å². The number of carbonyl (C=O) groups is 1. The topological polar surface area (TPSA) is 47.6 Å². The van der Waals surface area contributed by atoms with Gasteiger partial charge in [0, 0.05) is 19.6 Å². The van der Waals surface area contributed by atoms with Crippen LogP contribution in [0.25, 0.3) is 0 Å². The van der Waals surface area contributed by atoms with Gasteiger partial charge >= 0.3 is 0 Å². The van der Waals surface area contributed by atoms with Gasteiger partial charge in [-0.1, -0.05) is 13.8 Å². The summed E-state index contributed by atoms with van der Waals surface area (Å²) in [6.45, 7) is 13.3. The predicted molar refractivity (Wildman–Crippen MR) is 78.2 cm³/mol. The van der Waals surface area contributed by atoms with Crippen LogP contribution < -0.4 is 5.32 Å². The summed E-state index contributed by atoms with van der Waals surface area (Å²) in [6, 6.07) is 0. The predicted octanol–water partition coefficient (Wildman–Crippen LogP) is 2.76. The Balaban J connectivity index is 3.89. The van der Waals surface area contributed by atoms with Crippen LogP contribution in [0, 0.1) is 5.92 Å². The van der Waals surface area contributed by atoms with E-state index in [-0.39, 0.29) is 23.0 Å². The van der Waals surface area contributed by atoms with Crippen LogP contribution in [0.1, 0.15) is 54.4 Å². The Morgan fingerprint density at radius 3 is 2.16 bits per heavy atom. The summed E-state index contributed by atoms with van der Waals surface area (Å²) in [4.78, 5) is 11.4. The van der Waals surface area contributed by atoms with Crippen molar-refractivity contribution in [1.82, 2.24) is 5.32 Å². The largest absolute Gasteiger partial charge is 0.379 e. The quantitative estimate of drug-likeness (QED) is 0.702. The third kappa shape index (κ3) is 9.00. The van der Waals surface area contributed by atoms with E-state index in [9.17, 15) is 4.79 Å². The Hall–Kier alpha value is -0.610. The first kappa shape index (κ1) is 18.4. The first-order valence-corrected chi connectivity index (χ1v) is 7.06. The highest BCUT2D eigenvalue weighted by Gasteiger charge is 2.22. The maximum Gasteiger partial charge on any atom is 0.222 e. The molecule has 0 saturated carbocycles. The van der Waals surface area contributed by atoms with Crippen molar-refractivity contribution in [2.75, 3.05) is 20.3 Å². The molecule has 114 valence electrons. The van der Waals surface area contributed by atoms with Gasteiger partial charge in [0.05, 0.1) is 17.8 Å². The fourth-order valence-corrected chi connectivity index (χ4v) is 1.44. The van der Waals surface area contributed by atoms with E-state index < -0.39 is 0 Å². The summed E-state index contributed by atoms with van der Waals surface area (Å²) >= 11 is 0. The number of amides is 1. The summed E-state index contributed by atoms with van der Waals surface area (Å²) in [5, 5.41) is 2.91. The maximum absolute atomic E-state index is 11.4. The average Bonchev–Trinajstić information content (AvgIpc) is 2.27. The monoisotopic (exact) mass is 273 g/mol. The van der Waals surface area contributed by atoms with Crippen LogP contribution >= 0.6 is 0 Å². The number of nitrogens with one attached hydrogen (secondary N) is 1. The number of hydrogen-bond acceptors (Lipinski definition) is 3. The van der Waals surface area contributed by atoms with Crippen molar-refractivity contribution in [3.8, 4) is 0 Å². The minimum absolute atomic E-state index is 0.0338. The van der Waals surface area contributed by atoms with Gasteiger partial charge in [-0.15, -0.1) is 0 Å². The van der Waals surface area contributed by atoms with Crippen LogP contribution in [0.15, 0.2) is 0 Å². The third-order valence-electron chi connectivity index (χ3n) is 3.30. The van der Waals surface area contributed by atoms with E-state index in [0.717, 1.165) is 12.8 Å². The second kappa shape index (κ2) is 7.85. The molecule has 0 heterocycles. The number of carbonyl (C=O) groups excluding carboxylic acids is 1. The first-order chi connectivity index (χ1) is 8.59. The Bertz CT molecular complexity index is 273. The molecular formula is C15H31NO3. The number of hydrogen-bond donors (Lipinski definition) is 1. The minimum atomic E-state index is -0.228. The van der Waals surface area contributed by atoms with Crippen LogP contribution in [0.5, 0.6) is 0 Å². The van der Waals surface area contributed by atoms with Gasteiger partial charge in [0.25, 0.3) is 0 Å². The smallest absolute Gasteiger partial charge is 0.222 e. The van der Waals surface area contributed by atoms with Crippen molar-refractivity contribution < 1.29 is 14.3 Å². The van der Waals surface area contributed by atoms with Gasteiger partial charge in [-0.3, -0.25) is 4.79 Å². The van der Waals surface area contributed by atoms with Crippen molar-refractivity contribution in [1.29, 1.82) is 0 Å². The second-order valence-corrected chi connectivity index (χ2v) is 6.52. The lowest BCUT2D eigenvalue weighted by molar-refractivity contribution is -0.124. The molecular weight excluding hydrogens is 242 g/mol. The van der Waals surface area contributed by atoms with Crippen LogP contribution in [-0.4, -0.2) is 37.4 Å². The molecule has 0 atom stereocenters.